The van der Waals surface area contributed by atoms with E-state index in [0.717, 1.165) is 34.4 Å². The molecule has 0 spiro atoms. The topological polar surface area (TPSA) is 38.1 Å². The Morgan fingerprint density at radius 1 is 1.42 bits per heavy atom. The van der Waals surface area contributed by atoms with Gasteiger partial charge in [0.15, 0.2) is 0 Å². The van der Waals surface area contributed by atoms with Crippen LogP contribution in [0.4, 0.5) is 0 Å². The van der Waals surface area contributed by atoms with Crippen LogP contribution in [0.5, 0.6) is 0 Å². The average molecular weight is 320 g/mol. The molecule has 0 saturated heterocycles. The summed E-state index contributed by atoms with van der Waals surface area (Å²) >= 11 is 3.44. The van der Waals surface area contributed by atoms with Crippen LogP contribution in [-0.4, -0.2) is 28.5 Å². The lowest BCUT2D eigenvalue weighted by molar-refractivity contribution is 0.564. The molecule has 3 rings (SSSR count). The highest BCUT2D eigenvalue weighted by Crippen LogP contribution is 2.29. The lowest BCUT2D eigenvalue weighted by atomic mass is 10.2. The maximum atomic E-state index is 12.2. The quantitative estimate of drug-likeness (QED) is 0.810. The van der Waals surface area contributed by atoms with E-state index in [-0.39, 0.29) is 5.56 Å². The van der Waals surface area contributed by atoms with Gasteiger partial charge in [-0.2, -0.15) is 4.98 Å². The molecule has 0 radical (unpaired) electrons. The molecule has 0 unspecified atom stereocenters. The largest absolute Gasteiger partial charge is 0.383 e. The fourth-order valence-corrected chi connectivity index (χ4v) is 3.05. The highest BCUT2D eigenvalue weighted by molar-refractivity contribution is 9.10. The molecule has 0 fully saturated rings. The zero-order valence-corrected chi connectivity index (χ0v) is 12.4. The molecule has 98 valence electrons. The summed E-state index contributed by atoms with van der Waals surface area (Å²) in [5.74, 6) is 0.796. The van der Waals surface area contributed by atoms with Gasteiger partial charge in [-0.25, -0.2) is 0 Å². The first-order valence-corrected chi connectivity index (χ1v) is 6.94. The van der Waals surface area contributed by atoms with E-state index in [4.69, 9.17) is 0 Å². The smallest absolute Gasteiger partial charge is 0.282 e. The maximum absolute atomic E-state index is 12.2. The van der Waals surface area contributed by atoms with Crippen LogP contribution < -0.4 is 5.56 Å². The molecule has 0 aliphatic carbocycles. The molecule has 1 aromatic carbocycles. The molecule has 0 atom stereocenters. The molecule has 0 N–H and O–H groups in total. The van der Waals surface area contributed by atoms with Crippen molar-refractivity contribution in [1.82, 2.24) is 14.5 Å². The van der Waals surface area contributed by atoms with E-state index in [1.54, 1.807) is 0 Å². The monoisotopic (exact) mass is 319 g/mol. The molecular formula is C14H14BrN3O. The third-order valence-corrected chi connectivity index (χ3v) is 3.93. The van der Waals surface area contributed by atoms with Crippen LogP contribution in [0.15, 0.2) is 33.7 Å². The van der Waals surface area contributed by atoms with Crippen LogP contribution in [0.2, 0.25) is 0 Å². The molecule has 1 aromatic heterocycles. The van der Waals surface area contributed by atoms with Crippen LogP contribution in [0, 0.1) is 0 Å². The number of aryl methyl sites for hydroxylation is 1. The summed E-state index contributed by atoms with van der Waals surface area (Å²) in [5.41, 5.74) is 1.90. The molecule has 1 aliphatic rings. The Morgan fingerprint density at radius 3 is 2.95 bits per heavy atom. The van der Waals surface area contributed by atoms with E-state index in [9.17, 15) is 4.79 Å². The van der Waals surface area contributed by atoms with E-state index >= 15 is 0 Å². The van der Waals surface area contributed by atoms with Gasteiger partial charge in [0.2, 0.25) is 0 Å². The number of aromatic nitrogens is 2. The Hall–Kier alpha value is -1.62. The number of halogens is 1. The second-order valence-electron chi connectivity index (χ2n) is 4.89. The zero-order valence-electron chi connectivity index (χ0n) is 10.9. The molecule has 0 bridgehead atoms. The van der Waals surface area contributed by atoms with Crippen LogP contribution in [0.3, 0.4) is 0 Å². The minimum atomic E-state index is -0.166. The predicted molar refractivity (Wildman–Crippen MR) is 80.0 cm³/mol. The molecule has 2 aromatic rings. The maximum Gasteiger partial charge on any atom is 0.282 e. The number of fused-ring (bicyclic) bond motifs is 3. The predicted octanol–water partition coefficient (Wildman–Crippen LogP) is 2.47. The van der Waals surface area contributed by atoms with Gasteiger partial charge >= 0.3 is 0 Å². The number of rotatable bonds is 1. The number of nitrogens with zero attached hydrogens (tertiary/aromatic N) is 3. The van der Waals surface area contributed by atoms with Crippen molar-refractivity contribution in [3.05, 3.63) is 45.0 Å². The number of benzene rings is 1. The Balaban J connectivity index is 2.35. The van der Waals surface area contributed by atoms with Crippen molar-refractivity contribution in [3.8, 4) is 0 Å². The van der Waals surface area contributed by atoms with Crippen LogP contribution in [-0.2, 0) is 6.54 Å². The van der Waals surface area contributed by atoms with E-state index in [1.807, 2.05) is 43.4 Å². The fourth-order valence-electron chi connectivity index (χ4n) is 2.53. The summed E-state index contributed by atoms with van der Waals surface area (Å²) < 4.78 is 2.93. The third kappa shape index (κ3) is 1.98. The Bertz CT molecular complexity index is 746. The van der Waals surface area contributed by atoms with Gasteiger partial charge in [-0.05, 0) is 34.5 Å². The fraction of sp³-hybridized carbons (Fsp3) is 0.286. The van der Waals surface area contributed by atoms with Gasteiger partial charge in [-0.15, -0.1) is 0 Å². The average Bonchev–Trinajstić information content (AvgIpc) is 2.72. The van der Waals surface area contributed by atoms with Gasteiger partial charge in [-0.1, -0.05) is 6.07 Å². The van der Waals surface area contributed by atoms with Gasteiger partial charge in [0.05, 0.1) is 10.9 Å². The summed E-state index contributed by atoms with van der Waals surface area (Å²) in [5, 5.41) is 0.664. The summed E-state index contributed by atoms with van der Waals surface area (Å²) in [4.78, 5) is 18.4. The van der Waals surface area contributed by atoms with Gasteiger partial charge in [0.25, 0.3) is 5.56 Å². The van der Waals surface area contributed by atoms with Gasteiger partial charge in [0, 0.05) is 36.9 Å². The minimum absolute atomic E-state index is 0.166. The van der Waals surface area contributed by atoms with Gasteiger partial charge in [-0.3, -0.25) is 4.79 Å². The van der Waals surface area contributed by atoms with E-state index in [1.165, 1.54) is 0 Å². The highest BCUT2D eigenvalue weighted by Gasteiger charge is 2.21. The van der Waals surface area contributed by atoms with Crippen molar-refractivity contribution in [3.63, 3.8) is 0 Å². The molecule has 19 heavy (non-hydrogen) atoms. The first-order valence-electron chi connectivity index (χ1n) is 6.14. The molecule has 2 heterocycles. The summed E-state index contributed by atoms with van der Waals surface area (Å²) in [6.45, 7) is 0.870. The van der Waals surface area contributed by atoms with Crippen LogP contribution in [0.25, 0.3) is 16.5 Å². The molecule has 4 nitrogen and oxygen atoms in total. The SMILES string of the molecule is CN(C)/C=C1\CCn2c1nc(=O)c1c(Br)cccc12. The number of hydrogen-bond acceptors (Lipinski definition) is 3. The summed E-state index contributed by atoms with van der Waals surface area (Å²) in [6, 6.07) is 5.81. The summed E-state index contributed by atoms with van der Waals surface area (Å²) in [6.07, 6.45) is 2.95. The molecule has 0 saturated carbocycles. The Morgan fingerprint density at radius 2 is 2.21 bits per heavy atom. The van der Waals surface area contributed by atoms with E-state index in [2.05, 4.69) is 25.5 Å². The standard InChI is InChI=1S/C14H14BrN3O/c1-17(2)8-9-6-7-18-11-5-3-4-10(15)12(11)14(19)16-13(9)18/h3-5,8H,6-7H2,1-2H3/b9-8+. The van der Waals surface area contributed by atoms with Crippen molar-refractivity contribution in [2.75, 3.05) is 14.1 Å². The molecule has 5 heteroatoms. The van der Waals surface area contributed by atoms with E-state index in [0.29, 0.717) is 5.39 Å². The second kappa shape index (κ2) is 4.49. The Kier molecular flexibility index (Phi) is 2.93. The van der Waals surface area contributed by atoms with Gasteiger partial charge < -0.3 is 9.47 Å². The Labute approximate surface area is 119 Å². The molecule has 0 amide bonds. The number of allylic oxidation sites excluding steroid dienone is 1. The second-order valence-corrected chi connectivity index (χ2v) is 5.75. The van der Waals surface area contributed by atoms with Crippen molar-refractivity contribution in [2.24, 2.45) is 0 Å². The van der Waals surface area contributed by atoms with Crippen molar-refractivity contribution >= 4 is 32.4 Å². The third-order valence-electron chi connectivity index (χ3n) is 3.27. The zero-order chi connectivity index (χ0) is 13.6. The molecule has 1 aliphatic heterocycles. The van der Waals surface area contributed by atoms with Crippen molar-refractivity contribution in [2.45, 2.75) is 13.0 Å². The highest BCUT2D eigenvalue weighted by atomic mass is 79.9. The van der Waals surface area contributed by atoms with Crippen molar-refractivity contribution in [1.29, 1.82) is 0 Å². The van der Waals surface area contributed by atoms with Crippen LogP contribution >= 0.6 is 15.9 Å². The van der Waals surface area contributed by atoms with Crippen molar-refractivity contribution < 1.29 is 0 Å². The lowest BCUT2D eigenvalue weighted by Gasteiger charge is -2.10. The summed E-state index contributed by atoms with van der Waals surface area (Å²) in [7, 11) is 3.96. The van der Waals surface area contributed by atoms with Gasteiger partial charge in [0.1, 0.15) is 5.82 Å². The minimum Gasteiger partial charge on any atom is -0.383 e. The van der Waals surface area contributed by atoms with E-state index < -0.39 is 0 Å². The normalized spacial score (nSPS) is 16.1. The number of hydrogen-bond donors (Lipinski definition) is 0. The van der Waals surface area contributed by atoms with Crippen LogP contribution in [0.1, 0.15) is 12.2 Å². The lowest BCUT2D eigenvalue weighted by Crippen LogP contribution is -2.15. The first kappa shape index (κ1) is 12.4. The molecular weight excluding hydrogens is 306 g/mol. The first-order chi connectivity index (χ1) is 9.08.